The van der Waals surface area contributed by atoms with Gasteiger partial charge >= 0.3 is 5.97 Å². The smallest absolute Gasteiger partial charge is 0.303 e. The van der Waals surface area contributed by atoms with E-state index in [1.807, 2.05) is 0 Å². The van der Waals surface area contributed by atoms with Crippen LogP contribution in [0.15, 0.2) is 45.6 Å². The molecule has 3 aromatic rings. The lowest BCUT2D eigenvalue weighted by Gasteiger charge is -2.46. The molecule has 1 aromatic heterocycles. The van der Waals surface area contributed by atoms with Gasteiger partial charge in [-0.25, -0.2) is 0 Å². The van der Waals surface area contributed by atoms with E-state index in [9.17, 15) is 65.8 Å². The van der Waals surface area contributed by atoms with Crippen LogP contribution in [0.2, 0.25) is 0 Å². The summed E-state index contributed by atoms with van der Waals surface area (Å²) in [4.78, 5) is 24.9. The van der Waals surface area contributed by atoms with E-state index < -0.39 is 128 Å². The number of ether oxygens (including phenoxy) is 7. The Labute approximate surface area is 315 Å². The Morgan fingerprint density at radius 1 is 0.732 bits per heavy atom. The molecule has 6 rings (SSSR count). The molecule has 0 radical (unpaired) electrons. The first-order valence-electron chi connectivity index (χ1n) is 17.3. The molecule has 2 aromatic carbocycles. The maximum atomic E-state index is 12.9. The molecule has 3 saturated heterocycles. The van der Waals surface area contributed by atoms with E-state index in [2.05, 4.69) is 0 Å². The molecule has 4 heterocycles. The predicted octanol–water partition coefficient (Wildman–Crippen LogP) is -3.00. The van der Waals surface area contributed by atoms with Crippen molar-refractivity contribution in [3.63, 3.8) is 0 Å². The lowest BCUT2D eigenvalue weighted by molar-refractivity contribution is -0.361. The molecule has 0 spiro atoms. The molecule has 21 nitrogen and oxygen atoms in total. The summed E-state index contributed by atoms with van der Waals surface area (Å²) in [5, 5.41) is 114. The zero-order valence-corrected chi connectivity index (χ0v) is 29.5. The number of hydrogen-bond donors (Lipinski definition) is 11. The van der Waals surface area contributed by atoms with Gasteiger partial charge in [-0.15, -0.1) is 0 Å². The first-order chi connectivity index (χ1) is 26.5. The van der Waals surface area contributed by atoms with Crippen molar-refractivity contribution in [2.24, 2.45) is 0 Å². The molecule has 15 atom stereocenters. The van der Waals surface area contributed by atoms with Crippen LogP contribution in [0.5, 0.6) is 23.0 Å². The highest BCUT2D eigenvalue weighted by Crippen LogP contribution is 2.38. The molecule has 21 heteroatoms. The van der Waals surface area contributed by atoms with Crippen molar-refractivity contribution in [2.45, 2.75) is 106 Å². The zero-order chi connectivity index (χ0) is 40.7. The number of benzene rings is 2. The van der Waals surface area contributed by atoms with E-state index >= 15 is 0 Å². The van der Waals surface area contributed by atoms with Crippen molar-refractivity contribution in [1.82, 2.24) is 0 Å². The number of fused-ring (bicyclic) bond motifs is 1. The quantitative estimate of drug-likeness (QED) is 0.0911. The van der Waals surface area contributed by atoms with E-state index in [1.165, 1.54) is 19.1 Å². The largest absolute Gasteiger partial charge is 0.508 e. The van der Waals surface area contributed by atoms with Gasteiger partial charge in [0.2, 0.25) is 6.29 Å². The summed E-state index contributed by atoms with van der Waals surface area (Å²) < 4.78 is 45.3. The van der Waals surface area contributed by atoms with E-state index in [4.69, 9.17) is 37.6 Å². The summed E-state index contributed by atoms with van der Waals surface area (Å²) in [7, 11) is 0. The summed E-state index contributed by atoms with van der Waals surface area (Å²) in [5.74, 6) is -2.53. The predicted molar refractivity (Wildman–Crippen MR) is 181 cm³/mol. The Morgan fingerprint density at radius 3 is 2.07 bits per heavy atom. The highest BCUT2D eigenvalue weighted by atomic mass is 16.8. The number of aliphatic hydroxyl groups excluding tert-OH is 8. The summed E-state index contributed by atoms with van der Waals surface area (Å²) in [6.45, 7) is 1.03. The van der Waals surface area contributed by atoms with Crippen LogP contribution in [0.1, 0.15) is 13.8 Å². The van der Waals surface area contributed by atoms with Crippen molar-refractivity contribution in [2.75, 3.05) is 13.2 Å². The summed E-state index contributed by atoms with van der Waals surface area (Å²) in [5.41, 5.74) is -0.895. The summed E-state index contributed by atoms with van der Waals surface area (Å²) in [6.07, 6.45) is -25.2. The number of phenolic OH excluding ortho intramolecular Hbond substituents is 3. The van der Waals surface area contributed by atoms with Crippen molar-refractivity contribution in [3.05, 3.63) is 46.6 Å². The number of hydrogen-bond acceptors (Lipinski definition) is 21. The van der Waals surface area contributed by atoms with Gasteiger partial charge in [-0.2, -0.15) is 0 Å². The standard InChI is InChI=1S/C35H42O21/c1-11-31(51-12(2)37)32(56-35-29(47)26(44)24(42)21(9-36)54-35)30(48)33(50-11)49-10-22-25(43)27(45)28(46)34(55-22)53-18-6-13(38)3-4-15(18)19-8-17(41)23-16(40)5-14(39)7-20(23)52-19/h3-8,11,21-22,24-36,38-40,42-48H,9-10H2,1-2H3/t11-,21+,22-,24+,25-,26-,27+,28-,29-,30-,31+,32-,33-,34+,35-/m1/s1. The van der Waals surface area contributed by atoms with Gasteiger partial charge in [0.05, 0.1) is 24.9 Å². The molecule has 0 unspecified atom stereocenters. The Hall–Kier alpha value is -4.20. The van der Waals surface area contributed by atoms with Crippen LogP contribution in [-0.2, 0) is 33.2 Å². The van der Waals surface area contributed by atoms with Gasteiger partial charge in [0.15, 0.2) is 24.1 Å². The fourth-order valence-corrected chi connectivity index (χ4v) is 6.64. The highest BCUT2D eigenvalue weighted by Gasteiger charge is 2.52. The van der Waals surface area contributed by atoms with E-state index in [0.717, 1.165) is 31.2 Å². The minimum Gasteiger partial charge on any atom is -0.508 e. The first-order valence-corrected chi connectivity index (χ1v) is 17.3. The second-order valence-electron chi connectivity index (χ2n) is 13.5. The van der Waals surface area contributed by atoms with Crippen LogP contribution in [0.3, 0.4) is 0 Å². The fourth-order valence-electron chi connectivity index (χ4n) is 6.64. The zero-order valence-electron chi connectivity index (χ0n) is 29.5. The second kappa shape index (κ2) is 16.7. The topological polar surface area (TPSA) is 334 Å². The Bertz CT molecular complexity index is 1920. The van der Waals surface area contributed by atoms with Gasteiger partial charge in [-0.1, -0.05) is 0 Å². The van der Waals surface area contributed by atoms with Crippen molar-refractivity contribution < 1.29 is 98.5 Å². The van der Waals surface area contributed by atoms with Crippen LogP contribution in [-0.4, -0.2) is 167 Å². The van der Waals surface area contributed by atoms with Gasteiger partial charge in [-0.3, -0.25) is 9.59 Å². The third-order valence-corrected chi connectivity index (χ3v) is 9.55. The van der Waals surface area contributed by atoms with Gasteiger partial charge < -0.3 is 93.7 Å². The molecular weight excluding hydrogens is 756 g/mol. The van der Waals surface area contributed by atoms with E-state index in [-0.39, 0.29) is 33.8 Å². The van der Waals surface area contributed by atoms with Crippen molar-refractivity contribution in [1.29, 1.82) is 0 Å². The minimum atomic E-state index is -1.93. The lowest BCUT2D eigenvalue weighted by Crippen LogP contribution is -2.65. The highest BCUT2D eigenvalue weighted by molar-refractivity contribution is 5.86. The number of rotatable bonds is 10. The monoisotopic (exact) mass is 798 g/mol. The van der Waals surface area contributed by atoms with Gasteiger partial charge in [0.25, 0.3) is 0 Å². The Morgan fingerprint density at radius 2 is 1.39 bits per heavy atom. The minimum absolute atomic E-state index is 0.00865. The average molecular weight is 799 g/mol. The van der Waals surface area contributed by atoms with Crippen LogP contribution >= 0.6 is 0 Å². The Balaban J connectivity index is 1.20. The molecule has 11 N–H and O–H groups in total. The van der Waals surface area contributed by atoms with Crippen molar-refractivity contribution >= 4 is 16.9 Å². The maximum absolute atomic E-state index is 12.9. The Kier molecular flexibility index (Phi) is 12.4. The van der Waals surface area contributed by atoms with Crippen LogP contribution in [0.4, 0.5) is 0 Å². The SMILES string of the molecule is CC(=O)O[C@@H]1[C@H](O[C@H]2O[C@@H](CO)[C@H](O)[C@@H](O)[C@H]2O)[C@@H](O)[C@H](OC[C@H]2O[C@H](Oc3cc(O)ccc3-c3cc(=O)c4c(O)cc(O)cc4o3)[C@H](O)[C@@H](O)[C@@H]2O)O[C@@H]1C. The number of esters is 1. The average Bonchev–Trinajstić information content (AvgIpc) is 3.13. The molecular formula is C35H42O21. The molecule has 0 bridgehead atoms. The van der Waals surface area contributed by atoms with Crippen molar-refractivity contribution in [3.8, 4) is 34.3 Å². The number of aromatic hydroxyl groups is 3. The molecule has 56 heavy (non-hydrogen) atoms. The third-order valence-electron chi connectivity index (χ3n) is 9.55. The molecule has 3 aliphatic heterocycles. The van der Waals surface area contributed by atoms with Gasteiger partial charge in [-0.05, 0) is 19.1 Å². The van der Waals surface area contributed by atoms with E-state index in [0.29, 0.717) is 0 Å². The second-order valence-corrected chi connectivity index (χ2v) is 13.5. The molecule has 3 fully saturated rings. The number of phenols is 3. The molecule has 0 aliphatic carbocycles. The number of carbonyl (C=O) groups excluding carboxylic acids is 1. The molecule has 308 valence electrons. The molecule has 0 saturated carbocycles. The first kappa shape index (κ1) is 41.4. The molecule has 0 amide bonds. The third kappa shape index (κ3) is 8.26. The normalized spacial score (nSPS) is 36.3. The molecule has 3 aliphatic rings. The summed E-state index contributed by atoms with van der Waals surface area (Å²) in [6, 6.07) is 6.62. The van der Waals surface area contributed by atoms with Crippen LogP contribution in [0, 0.1) is 0 Å². The van der Waals surface area contributed by atoms with Crippen LogP contribution < -0.4 is 10.2 Å². The fraction of sp³-hybridized carbons (Fsp3) is 0.543. The maximum Gasteiger partial charge on any atom is 0.303 e. The van der Waals surface area contributed by atoms with Gasteiger partial charge in [0.1, 0.15) is 101 Å². The van der Waals surface area contributed by atoms with Crippen LogP contribution in [0.25, 0.3) is 22.3 Å². The lowest BCUT2D eigenvalue weighted by atomic mass is 9.97. The number of aliphatic hydroxyl groups is 8. The number of carbonyl (C=O) groups is 1. The summed E-state index contributed by atoms with van der Waals surface area (Å²) >= 11 is 0. The van der Waals surface area contributed by atoms with E-state index in [1.54, 1.807) is 0 Å². The van der Waals surface area contributed by atoms with Gasteiger partial charge in [0, 0.05) is 31.2 Å².